The Morgan fingerprint density at radius 2 is 2.24 bits per heavy atom. The highest BCUT2D eigenvalue weighted by Crippen LogP contribution is 2.26. The van der Waals surface area contributed by atoms with E-state index in [-0.39, 0.29) is 6.10 Å². The number of nitrogens with one attached hydrogen (secondary N) is 1. The molecule has 0 radical (unpaired) electrons. The minimum absolute atomic E-state index is 0.203. The fourth-order valence-corrected chi connectivity index (χ4v) is 2.08. The van der Waals surface area contributed by atoms with Crippen LogP contribution in [0.3, 0.4) is 0 Å². The summed E-state index contributed by atoms with van der Waals surface area (Å²) in [5.74, 6) is 0.977. The van der Waals surface area contributed by atoms with Gasteiger partial charge < -0.3 is 14.8 Å². The number of hydrogen-bond donors (Lipinski definition) is 1. The van der Waals surface area contributed by atoms with Crippen molar-refractivity contribution in [2.45, 2.75) is 31.9 Å². The van der Waals surface area contributed by atoms with Crippen molar-refractivity contribution in [1.29, 1.82) is 0 Å². The van der Waals surface area contributed by atoms with E-state index in [1.54, 1.807) is 0 Å². The minimum Gasteiger partial charge on any atom is -0.488 e. The maximum Gasteiger partial charge on any atom is 0.124 e. The van der Waals surface area contributed by atoms with Gasteiger partial charge in [-0.15, -0.1) is 0 Å². The van der Waals surface area contributed by atoms with Crippen LogP contribution in [0.2, 0.25) is 0 Å². The van der Waals surface area contributed by atoms with E-state index in [4.69, 9.17) is 9.47 Å². The first-order chi connectivity index (χ1) is 8.31. The molecule has 1 N–H and O–H groups in total. The highest BCUT2D eigenvalue weighted by atomic mass is 16.5. The van der Waals surface area contributed by atoms with Gasteiger partial charge in [-0.05, 0) is 32.9 Å². The Labute approximate surface area is 103 Å². The van der Waals surface area contributed by atoms with Gasteiger partial charge in [0.05, 0.1) is 6.61 Å². The van der Waals surface area contributed by atoms with E-state index in [9.17, 15) is 0 Å². The monoisotopic (exact) mass is 235 g/mol. The topological polar surface area (TPSA) is 30.5 Å². The molecule has 94 valence electrons. The Morgan fingerprint density at radius 1 is 1.41 bits per heavy atom. The maximum atomic E-state index is 6.04. The molecule has 3 heteroatoms. The Hall–Kier alpha value is -1.06. The van der Waals surface area contributed by atoms with E-state index in [1.807, 2.05) is 25.2 Å². The lowest BCUT2D eigenvalue weighted by atomic mass is 10.1. The zero-order valence-corrected chi connectivity index (χ0v) is 10.6. The lowest BCUT2D eigenvalue weighted by molar-refractivity contribution is 0.00688. The molecule has 0 spiro atoms. The highest BCUT2D eigenvalue weighted by Gasteiger charge is 2.17. The normalized spacial score (nSPS) is 22.1. The molecule has 1 saturated heterocycles. The van der Waals surface area contributed by atoms with Gasteiger partial charge in [0.15, 0.2) is 0 Å². The van der Waals surface area contributed by atoms with Gasteiger partial charge in [0.1, 0.15) is 11.9 Å². The summed E-state index contributed by atoms with van der Waals surface area (Å²) in [4.78, 5) is 0. The average Bonchev–Trinajstić information content (AvgIpc) is 2.40. The maximum absolute atomic E-state index is 6.04. The van der Waals surface area contributed by atoms with Crippen LogP contribution in [-0.4, -0.2) is 26.4 Å². The van der Waals surface area contributed by atoms with Crippen LogP contribution in [0.4, 0.5) is 0 Å². The van der Waals surface area contributed by atoms with Crippen molar-refractivity contribution in [3.63, 3.8) is 0 Å². The zero-order valence-electron chi connectivity index (χ0n) is 10.6. The van der Waals surface area contributed by atoms with Crippen molar-refractivity contribution in [1.82, 2.24) is 5.32 Å². The first kappa shape index (κ1) is 12.4. The molecule has 0 aliphatic carbocycles. The fourth-order valence-electron chi connectivity index (χ4n) is 2.08. The predicted octanol–water partition coefficient (Wildman–Crippen LogP) is 2.52. The van der Waals surface area contributed by atoms with Crippen LogP contribution in [0.5, 0.6) is 5.75 Å². The van der Waals surface area contributed by atoms with Gasteiger partial charge in [-0.1, -0.05) is 18.2 Å². The molecular weight excluding hydrogens is 214 g/mol. The van der Waals surface area contributed by atoms with E-state index in [1.165, 1.54) is 5.56 Å². The summed E-state index contributed by atoms with van der Waals surface area (Å²) in [6.07, 6.45) is 2.38. The Balaban J connectivity index is 2.08. The van der Waals surface area contributed by atoms with Crippen molar-refractivity contribution >= 4 is 0 Å². The third-order valence-electron chi connectivity index (χ3n) is 3.23. The quantitative estimate of drug-likeness (QED) is 0.870. The van der Waals surface area contributed by atoms with Crippen LogP contribution in [0.1, 0.15) is 31.4 Å². The Bertz CT molecular complexity index is 348. The van der Waals surface area contributed by atoms with Gasteiger partial charge in [0.25, 0.3) is 0 Å². The molecule has 1 heterocycles. The summed E-state index contributed by atoms with van der Waals surface area (Å²) in [6.45, 7) is 3.72. The summed E-state index contributed by atoms with van der Waals surface area (Å²) in [6, 6.07) is 8.52. The lowest BCUT2D eigenvalue weighted by Gasteiger charge is -2.25. The molecule has 1 aromatic carbocycles. The second kappa shape index (κ2) is 6.03. The van der Waals surface area contributed by atoms with E-state index >= 15 is 0 Å². The largest absolute Gasteiger partial charge is 0.488 e. The lowest BCUT2D eigenvalue weighted by Crippen LogP contribution is -2.28. The van der Waals surface area contributed by atoms with Crippen LogP contribution in [0.15, 0.2) is 24.3 Å². The van der Waals surface area contributed by atoms with E-state index < -0.39 is 0 Å². The standard InChI is InChI=1S/C14H21NO2/c1-11(15-2)13-7-3-4-8-14(13)17-12-6-5-9-16-10-12/h3-4,7-8,11-12,15H,5-6,9-10H2,1-2H3. The van der Waals surface area contributed by atoms with Crippen molar-refractivity contribution in [3.05, 3.63) is 29.8 Å². The van der Waals surface area contributed by atoms with Crippen molar-refractivity contribution in [3.8, 4) is 5.75 Å². The molecule has 1 aliphatic heterocycles. The van der Waals surface area contributed by atoms with Gasteiger partial charge >= 0.3 is 0 Å². The fraction of sp³-hybridized carbons (Fsp3) is 0.571. The smallest absolute Gasteiger partial charge is 0.124 e. The Kier molecular flexibility index (Phi) is 4.40. The highest BCUT2D eigenvalue weighted by molar-refractivity contribution is 5.35. The molecule has 2 rings (SSSR count). The van der Waals surface area contributed by atoms with E-state index in [0.29, 0.717) is 12.6 Å². The number of hydrogen-bond acceptors (Lipinski definition) is 3. The SMILES string of the molecule is CNC(C)c1ccccc1OC1CCCOC1. The number of benzene rings is 1. The van der Waals surface area contributed by atoms with Crippen LogP contribution in [0.25, 0.3) is 0 Å². The van der Waals surface area contributed by atoms with Gasteiger partial charge in [0, 0.05) is 18.2 Å². The summed E-state index contributed by atoms with van der Waals surface area (Å²) in [7, 11) is 1.96. The third kappa shape index (κ3) is 3.20. The molecule has 0 bridgehead atoms. The van der Waals surface area contributed by atoms with E-state index in [2.05, 4.69) is 18.3 Å². The van der Waals surface area contributed by atoms with Gasteiger partial charge in [0.2, 0.25) is 0 Å². The Morgan fingerprint density at radius 3 is 2.94 bits per heavy atom. The molecule has 2 atom stereocenters. The molecule has 1 aromatic rings. The van der Waals surface area contributed by atoms with Crippen LogP contribution in [0, 0.1) is 0 Å². The van der Waals surface area contributed by atoms with E-state index in [0.717, 1.165) is 25.2 Å². The molecule has 1 aliphatic rings. The van der Waals surface area contributed by atoms with Crippen molar-refractivity contribution in [2.24, 2.45) is 0 Å². The first-order valence-corrected chi connectivity index (χ1v) is 6.32. The van der Waals surface area contributed by atoms with Crippen molar-refractivity contribution < 1.29 is 9.47 Å². The average molecular weight is 235 g/mol. The molecular formula is C14H21NO2. The predicted molar refractivity (Wildman–Crippen MR) is 68.4 cm³/mol. The van der Waals surface area contributed by atoms with Crippen LogP contribution >= 0.6 is 0 Å². The molecule has 0 saturated carbocycles. The molecule has 2 unspecified atom stereocenters. The number of rotatable bonds is 4. The second-order valence-corrected chi connectivity index (χ2v) is 4.51. The van der Waals surface area contributed by atoms with Gasteiger partial charge in [-0.25, -0.2) is 0 Å². The third-order valence-corrected chi connectivity index (χ3v) is 3.23. The molecule has 3 nitrogen and oxygen atoms in total. The second-order valence-electron chi connectivity index (χ2n) is 4.51. The van der Waals surface area contributed by atoms with Gasteiger partial charge in [-0.3, -0.25) is 0 Å². The number of ether oxygens (including phenoxy) is 2. The zero-order chi connectivity index (χ0) is 12.1. The summed E-state index contributed by atoms with van der Waals surface area (Å²) in [5, 5.41) is 3.25. The molecule has 0 aromatic heterocycles. The summed E-state index contributed by atoms with van der Waals surface area (Å²) in [5.41, 5.74) is 1.21. The minimum atomic E-state index is 0.203. The summed E-state index contributed by atoms with van der Waals surface area (Å²) < 4.78 is 11.5. The van der Waals surface area contributed by atoms with Crippen molar-refractivity contribution in [2.75, 3.05) is 20.3 Å². The molecule has 0 amide bonds. The van der Waals surface area contributed by atoms with Crippen LogP contribution < -0.4 is 10.1 Å². The summed E-state index contributed by atoms with van der Waals surface area (Å²) >= 11 is 0. The van der Waals surface area contributed by atoms with Gasteiger partial charge in [-0.2, -0.15) is 0 Å². The number of para-hydroxylation sites is 1. The molecule has 1 fully saturated rings. The molecule has 17 heavy (non-hydrogen) atoms. The first-order valence-electron chi connectivity index (χ1n) is 6.32. The van der Waals surface area contributed by atoms with Crippen LogP contribution in [-0.2, 0) is 4.74 Å².